The number of methoxy groups -OCH3 is 2. The lowest BCUT2D eigenvalue weighted by atomic mass is 9.97. The minimum absolute atomic E-state index is 0.0689. The van der Waals surface area contributed by atoms with Gasteiger partial charge in [-0.25, -0.2) is 4.79 Å². The van der Waals surface area contributed by atoms with Gasteiger partial charge in [-0.1, -0.05) is 17.4 Å². The van der Waals surface area contributed by atoms with E-state index in [0.29, 0.717) is 36.1 Å². The van der Waals surface area contributed by atoms with Gasteiger partial charge in [-0.15, -0.1) is 10.2 Å². The van der Waals surface area contributed by atoms with Crippen LogP contribution in [0.4, 0.5) is 9.93 Å². The lowest BCUT2D eigenvalue weighted by Gasteiger charge is -2.33. The number of carbonyl (C=O) groups excluding carboxylic acids is 2. The molecule has 1 aromatic heterocycles. The number of likely N-dealkylation sites (tertiary alicyclic amines) is 1. The fourth-order valence-corrected chi connectivity index (χ4v) is 4.17. The van der Waals surface area contributed by atoms with E-state index in [9.17, 15) is 9.59 Å². The van der Waals surface area contributed by atoms with Crippen LogP contribution in [-0.4, -0.2) is 73.3 Å². The monoisotopic (exact) mass is 433 g/mol. The summed E-state index contributed by atoms with van der Waals surface area (Å²) in [6, 6.07) is 5.62. The Balaban J connectivity index is 1.60. The number of hydrogen-bond donors (Lipinski definition) is 1. The molecule has 2 heterocycles. The molecule has 1 unspecified atom stereocenters. The first-order chi connectivity index (χ1) is 14.4. The number of amides is 3. The standard InChI is InChI=1S/C20H27N5O4S/c1-24(2)20(27)25-9-5-6-14(12-25)18(26)21-19-23-22-17(30-19)11-13-7-8-15(28-3)16(10-13)29-4/h7-8,10,14H,5-6,9,11-12H2,1-4H3,(H,21,23,26). The van der Waals surface area contributed by atoms with Crippen molar-refractivity contribution in [2.24, 2.45) is 5.92 Å². The number of anilines is 1. The lowest BCUT2D eigenvalue weighted by molar-refractivity contribution is -0.121. The van der Waals surface area contributed by atoms with Gasteiger partial charge in [0.05, 0.1) is 20.1 Å². The van der Waals surface area contributed by atoms with Gasteiger partial charge in [0.15, 0.2) is 11.5 Å². The molecular formula is C20H27N5O4S. The van der Waals surface area contributed by atoms with Crippen LogP contribution in [0.25, 0.3) is 0 Å². The number of urea groups is 1. The van der Waals surface area contributed by atoms with E-state index in [2.05, 4.69) is 15.5 Å². The summed E-state index contributed by atoms with van der Waals surface area (Å²) in [4.78, 5) is 28.1. The van der Waals surface area contributed by atoms with E-state index in [1.807, 2.05) is 18.2 Å². The van der Waals surface area contributed by atoms with Crippen LogP contribution in [0.15, 0.2) is 18.2 Å². The fraction of sp³-hybridized carbons (Fsp3) is 0.500. The normalized spacial score (nSPS) is 16.1. The van der Waals surface area contributed by atoms with E-state index in [1.165, 1.54) is 16.2 Å². The summed E-state index contributed by atoms with van der Waals surface area (Å²) < 4.78 is 10.6. The number of piperidine rings is 1. The first-order valence-corrected chi connectivity index (χ1v) is 10.5. The molecule has 1 aliphatic rings. The zero-order chi connectivity index (χ0) is 21.7. The molecule has 162 valence electrons. The molecule has 1 fully saturated rings. The molecule has 1 saturated heterocycles. The van der Waals surface area contributed by atoms with Crippen LogP contribution in [0.1, 0.15) is 23.4 Å². The lowest BCUT2D eigenvalue weighted by Crippen LogP contribution is -2.47. The first-order valence-electron chi connectivity index (χ1n) is 9.71. The summed E-state index contributed by atoms with van der Waals surface area (Å²) in [5.74, 6) is 0.948. The van der Waals surface area contributed by atoms with Crippen molar-refractivity contribution in [3.63, 3.8) is 0 Å². The second-order valence-corrected chi connectivity index (χ2v) is 8.38. The van der Waals surface area contributed by atoms with E-state index in [4.69, 9.17) is 9.47 Å². The van der Waals surface area contributed by atoms with Crippen molar-refractivity contribution in [2.75, 3.05) is 46.7 Å². The molecule has 1 aliphatic heterocycles. The van der Waals surface area contributed by atoms with Crippen LogP contribution in [0.5, 0.6) is 11.5 Å². The van der Waals surface area contributed by atoms with E-state index in [-0.39, 0.29) is 17.9 Å². The molecule has 0 saturated carbocycles. The van der Waals surface area contributed by atoms with Crippen molar-refractivity contribution in [1.29, 1.82) is 0 Å². The van der Waals surface area contributed by atoms with Gasteiger partial charge in [0.1, 0.15) is 5.01 Å². The molecule has 0 radical (unpaired) electrons. The SMILES string of the molecule is COc1ccc(Cc2nnc(NC(=O)C3CCCN(C(=O)N(C)C)C3)s2)cc1OC. The number of hydrogen-bond acceptors (Lipinski definition) is 7. The van der Waals surface area contributed by atoms with Crippen LogP contribution in [0, 0.1) is 5.92 Å². The van der Waals surface area contributed by atoms with Crippen molar-refractivity contribution >= 4 is 28.4 Å². The zero-order valence-corrected chi connectivity index (χ0v) is 18.5. The largest absolute Gasteiger partial charge is 0.493 e. The minimum Gasteiger partial charge on any atom is -0.493 e. The van der Waals surface area contributed by atoms with Gasteiger partial charge >= 0.3 is 6.03 Å². The third-order valence-corrected chi connectivity index (χ3v) is 5.78. The fourth-order valence-electron chi connectivity index (χ4n) is 3.40. The molecule has 3 rings (SSSR count). The number of ether oxygens (including phenoxy) is 2. The number of nitrogens with zero attached hydrogens (tertiary/aromatic N) is 4. The second-order valence-electron chi connectivity index (χ2n) is 7.32. The summed E-state index contributed by atoms with van der Waals surface area (Å²) in [5, 5.41) is 12.4. The highest BCUT2D eigenvalue weighted by Crippen LogP contribution is 2.29. The molecular weight excluding hydrogens is 406 g/mol. The molecule has 10 heteroatoms. The van der Waals surface area contributed by atoms with Gasteiger partial charge in [0.2, 0.25) is 11.0 Å². The van der Waals surface area contributed by atoms with Crippen LogP contribution in [-0.2, 0) is 11.2 Å². The predicted molar refractivity (Wildman–Crippen MR) is 114 cm³/mol. The number of rotatable bonds is 6. The van der Waals surface area contributed by atoms with Crippen LogP contribution in [0.2, 0.25) is 0 Å². The molecule has 9 nitrogen and oxygen atoms in total. The molecule has 30 heavy (non-hydrogen) atoms. The summed E-state index contributed by atoms with van der Waals surface area (Å²) in [6.45, 7) is 1.09. The molecule has 1 N–H and O–H groups in total. The van der Waals surface area contributed by atoms with E-state index in [1.54, 1.807) is 33.2 Å². The maximum atomic E-state index is 12.7. The summed E-state index contributed by atoms with van der Waals surface area (Å²) in [6.07, 6.45) is 2.13. The van der Waals surface area contributed by atoms with E-state index >= 15 is 0 Å². The Morgan fingerprint density at radius 2 is 2.00 bits per heavy atom. The predicted octanol–water partition coefficient (Wildman–Crippen LogP) is 2.48. The van der Waals surface area contributed by atoms with Gasteiger partial charge in [-0.05, 0) is 30.5 Å². The molecule has 1 aromatic carbocycles. The number of aromatic nitrogens is 2. The average molecular weight is 434 g/mol. The minimum atomic E-state index is -0.249. The average Bonchev–Trinajstić information content (AvgIpc) is 3.19. The van der Waals surface area contributed by atoms with Crippen molar-refractivity contribution in [2.45, 2.75) is 19.3 Å². The Labute approximate surface area is 180 Å². The smallest absolute Gasteiger partial charge is 0.319 e. The van der Waals surface area contributed by atoms with Crippen molar-refractivity contribution < 1.29 is 19.1 Å². The number of nitrogens with one attached hydrogen (secondary N) is 1. The molecule has 0 aliphatic carbocycles. The van der Waals surface area contributed by atoms with Crippen LogP contribution < -0.4 is 14.8 Å². The summed E-state index contributed by atoms with van der Waals surface area (Å²) >= 11 is 1.34. The highest BCUT2D eigenvalue weighted by Gasteiger charge is 2.29. The van der Waals surface area contributed by atoms with E-state index < -0.39 is 0 Å². The zero-order valence-electron chi connectivity index (χ0n) is 17.7. The van der Waals surface area contributed by atoms with Gasteiger partial charge in [0.25, 0.3) is 0 Å². The highest BCUT2D eigenvalue weighted by molar-refractivity contribution is 7.15. The van der Waals surface area contributed by atoms with Crippen molar-refractivity contribution in [1.82, 2.24) is 20.0 Å². The van der Waals surface area contributed by atoms with Crippen molar-refractivity contribution in [3.8, 4) is 11.5 Å². The maximum Gasteiger partial charge on any atom is 0.319 e. The summed E-state index contributed by atoms with van der Waals surface area (Å²) in [7, 11) is 6.62. The Morgan fingerprint density at radius 1 is 1.23 bits per heavy atom. The Bertz CT molecular complexity index is 901. The topological polar surface area (TPSA) is 96.9 Å². The molecule has 0 bridgehead atoms. The Hall–Kier alpha value is -2.88. The van der Waals surface area contributed by atoms with Crippen molar-refractivity contribution in [3.05, 3.63) is 28.8 Å². The molecule has 3 amide bonds. The third-order valence-electron chi connectivity index (χ3n) is 4.95. The van der Waals surface area contributed by atoms with Crippen LogP contribution >= 0.6 is 11.3 Å². The maximum absolute atomic E-state index is 12.7. The molecule has 2 aromatic rings. The second kappa shape index (κ2) is 9.75. The first kappa shape index (κ1) is 21.8. The Kier molecular flexibility index (Phi) is 7.09. The van der Waals surface area contributed by atoms with Crippen LogP contribution in [0.3, 0.4) is 0 Å². The Morgan fingerprint density at radius 3 is 2.70 bits per heavy atom. The molecule has 1 atom stereocenters. The summed E-state index contributed by atoms with van der Waals surface area (Å²) in [5.41, 5.74) is 1.01. The van der Waals surface area contributed by atoms with Gasteiger partial charge in [-0.3, -0.25) is 4.79 Å². The number of carbonyl (C=O) groups is 2. The quantitative estimate of drug-likeness (QED) is 0.752. The molecule has 0 spiro atoms. The van der Waals surface area contributed by atoms with E-state index in [0.717, 1.165) is 23.4 Å². The third kappa shape index (κ3) is 5.18. The van der Waals surface area contributed by atoms with Gasteiger partial charge in [-0.2, -0.15) is 0 Å². The highest BCUT2D eigenvalue weighted by atomic mass is 32.1. The number of benzene rings is 1. The van der Waals surface area contributed by atoms with Gasteiger partial charge < -0.3 is 24.6 Å². The van der Waals surface area contributed by atoms with Gasteiger partial charge in [0, 0.05) is 33.6 Å².